The van der Waals surface area contributed by atoms with Crippen LogP contribution in [-0.4, -0.2) is 25.2 Å². The number of para-hydroxylation sites is 1. The van der Waals surface area contributed by atoms with Gasteiger partial charge >= 0.3 is 0 Å². The van der Waals surface area contributed by atoms with E-state index in [1.807, 2.05) is 0 Å². The van der Waals surface area contributed by atoms with Gasteiger partial charge in [0.2, 0.25) is 0 Å². The van der Waals surface area contributed by atoms with Gasteiger partial charge in [0, 0.05) is 24.3 Å². The van der Waals surface area contributed by atoms with Crippen molar-refractivity contribution in [1.82, 2.24) is 5.32 Å². The first kappa shape index (κ1) is 11.1. The Balaban J connectivity index is 1.83. The Kier molecular flexibility index (Phi) is 3.32. The Hall–Kier alpha value is -1.02. The molecule has 0 radical (unpaired) electrons. The van der Waals surface area contributed by atoms with Gasteiger partial charge in [0.05, 0.1) is 0 Å². The van der Waals surface area contributed by atoms with E-state index in [4.69, 9.17) is 0 Å². The van der Waals surface area contributed by atoms with Crippen LogP contribution in [0.1, 0.15) is 32.1 Å². The van der Waals surface area contributed by atoms with Gasteiger partial charge in [0.25, 0.3) is 0 Å². The topological polar surface area (TPSA) is 15.3 Å². The van der Waals surface area contributed by atoms with Crippen LogP contribution < -0.4 is 10.2 Å². The molecular weight excluding hydrogens is 208 g/mol. The van der Waals surface area contributed by atoms with E-state index in [9.17, 15) is 0 Å². The molecule has 17 heavy (non-hydrogen) atoms. The number of fused-ring (bicyclic) bond motifs is 1. The van der Waals surface area contributed by atoms with Crippen LogP contribution in [0.5, 0.6) is 0 Å². The minimum absolute atomic E-state index is 0.714. The van der Waals surface area contributed by atoms with Crippen molar-refractivity contribution in [3.8, 4) is 0 Å². The molecule has 0 saturated carbocycles. The normalized spacial score (nSPS) is 29.5. The van der Waals surface area contributed by atoms with Gasteiger partial charge < -0.3 is 10.2 Å². The van der Waals surface area contributed by atoms with E-state index < -0.39 is 0 Å². The predicted octanol–water partition coefficient (Wildman–Crippen LogP) is 2.80. The molecule has 1 aromatic carbocycles. The van der Waals surface area contributed by atoms with Crippen LogP contribution in [0.4, 0.5) is 5.69 Å². The van der Waals surface area contributed by atoms with Crippen LogP contribution in [0.25, 0.3) is 0 Å². The largest absolute Gasteiger partial charge is 0.367 e. The predicted molar refractivity (Wildman–Crippen MR) is 72.5 cm³/mol. The summed E-state index contributed by atoms with van der Waals surface area (Å²) >= 11 is 0. The van der Waals surface area contributed by atoms with Crippen LogP contribution in [0.3, 0.4) is 0 Å². The molecule has 2 fully saturated rings. The third-order valence-corrected chi connectivity index (χ3v) is 4.20. The van der Waals surface area contributed by atoms with Gasteiger partial charge in [0.1, 0.15) is 0 Å². The Morgan fingerprint density at radius 2 is 1.88 bits per heavy atom. The third kappa shape index (κ3) is 2.32. The van der Waals surface area contributed by atoms with Crippen LogP contribution in [0.2, 0.25) is 0 Å². The molecular formula is C15H22N2. The zero-order valence-corrected chi connectivity index (χ0v) is 10.4. The minimum atomic E-state index is 0.714. The average Bonchev–Trinajstić information content (AvgIpc) is 2.64. The van der Waals surface area contributed by atoms with E-state index in [2.05, 4.69) is 40.5 Å². The number of nitrogens with zero attached hydrogens (tertiary/aromatic N) is 1. The van der Waals surface area contributed by atoms with E-state index >= 15 is 0 Å². The lowest BCUT2D eigenvalue weighted by molar-refractivity contribution is 0.350. The second-order valence-corrected chi connectivity index (χ2v) is 5.29. The van der Waals surface area contributed by atoms with Crippen LogP contribution in [0.15, 0.2) is 30.3 Å². The lowest BCUT2D eigenvalue weighted by Gasteiger charge is -2.42. The minimum Gasteiger partial charge on any atom is -0.367 e. The van der Waals surface area contributed by atoms with Crippen molar-refractivity contribution in [2.24, 2.45) is 0 Å². The van der Waals surface area contributed by atoms with Crippen molar-refractivity contribution >= 4 is 5.69 Å². The highest BCUT2D eigenvalue weighted by Gasteiger charge is 2.31. The van der Waals surface area contributed by atoms with E-state index in [1.54, 1.807) is 0 Å². The number of nitrogens with one attached hydrogen (secondary N) is 1. The molecule has 2 heteroatoms. The molecule has 0 spiro atoms. The van der Waals surface area contributed by atoms with Crippen LogP contribution in [-0.2, 0) is 0 Å². The van der Waals surface area contributed by atoms with Crippen LogP contribution in [0, 0.1) is 0 Å². The summed E-state index contributed by atoms with van der Waals surface area (Å²) in [4.78, 5) is 2.63. The van der Waals surface area contributed by atoms with Gasteiger partial charge in [-0.05, 0) is 44.4 Å². The van der Waals surface area contributed by atoms with Gasteiger partial charge in [0.15, 0.2) is 0 Å². The molecule has 0 bridgehead atoms. The lowest BCUT2D eigenvalue weighted by atomic mass is 9.93. The van der Waals surface area contributed by atoms with Gasteiger partial charge in [-0.25, -0.2) is 0 Å². The Morgan fingerprint density at radius 3 is 2.76 bits per heavy atom. The first-order valence-electron chi connectivity index (χ1n) is 7.00. The second kappa shape index (κ2) is 5.09. The number of rotatable bonds is 1. The average molecular weight is 230 g/mol. The van der Waals surface area contributed by atoms with E-state index in [0.717, 1.165) is 0 Å². The molecule has 2 atom stereocenters. The first-order valence-corrected chi connectivity index (χ1v) is 7.00. The van der Waals surface area contributed by atoms with Crippen molar-refractivity contribution < 1.29 is 0 Å². The van der Waals surface area contributed by atoms with Crippen molar-refractivity contribution in [3.05, 3.63) is 30.3 Å². The van der Waals surface area contributed by atoms with Gasteiger partial charge in [-0.15, -0.1) is 0 Å². The fourth-order valence-electron chi connectivity index (χ4n) is 3.36. The Bertz CT molecular complexity index is 349. The molecule has 2 nitrogen and oxygen atoms in total. The number of hydrogen-bond acceptors (Lipinski definition) is 2. The molecule has 1 N–H and O–H groups in total. The molecule has 92 valence electrons. The smallest absolute Gasteiger partial charge is 0.0443 e. The fraction of sp³-hybridized carbons (Fsp3) is 0.600. The summed E-state index contributed by atoms with van der Waals surface area (Å²) in [6, 6.07) is 12.4. The quantitative estimate of drug-likeness (QED) is 0.798. The molecule has 2 aliphatic rings. The highest BCUT2D eigenvalue weighted by Crippen LogP contribution is 2.29. The highest BCUT2D eigenvalue weighted by atomic mass is 15.2. The number of hydrogen-bond donors (Lipinski definition) is 1. The van der Waals surface area contributed by atoms with E-state index in [1.165, 1.54) is 50.9 Å². The molecule has 0 aliphatic carbocycles. The number of piperidine rings is 1. The zero-order chi connectivity index (χ0) is 11.5. The monoisotopic (exact) mass is 230 g/mol. The van der Waals surface area contributed by atoms with Crippen molar-refractivity contribution in [3.63, 3.8) is 0 Å². The Morgan fingerprint density at radius 1 is 1.00 bits per heavy atom. The van der Waals surface area contributed by atoms with Crippen LogP contribution >= 0.6 is 0 Å². The molecule has 2 aliphatic heterocycles. The summed E-state index contributed by atoms with van der Waals surface area (Å²) in [6.07, 6.45) is 6.75. The molecule has 2 heterocycles. The summed E-state index contributed by atoms with van der Waals surface area (Å²) in [5.74, 6) is 0. The first-order chi connectivity index (χ1) is 8.45. The lowest BCUT2D eigenvalue weighted by Crippen LogP contribution is -2.53. The zero-order valence-electron chi connectivity index (χ0n) is 10.4. The number of benzene rings is 1. The molecule has 0 unspecified atom stereocenters. The SMILES string of the molecule is c1ccc(N2CCC[C@@H]3NCCCC[C@@H]32)cc1. The summed E-state index contributed by atoms with van der Waals surface area (Å²) in [5.41, 5.74) is 1.41. The van der Waals surface area contributed by atoms with Crippen molar-refractivity contribution in [2.45, 2.75) is 44.2 Å². The summed E-state index contributed by atoms with van der Waals surface area (Å²) in [6.45, 7) is 2.44. The Labute approximate surface area is 104 Å². The van der Waals surface area contributed by atoms with Crippen molar-refractivity contribution in [1.29, 1.82) is 0 Å². The maximum Gasteiger partial charge on any atom is 0.0443 e. The number of anilines is 1. The fourth-order valence-corrected chi connectivity index (χ4v) is 3.36. The van der Waals surface area contributed by atoms with Gasteiger partial charge in [-0.1, -0.05) is 24.6 Å². The standard InChI is InChI=1S/C15H22N2/c1-2-7-13(8-3-1)17-12-6-9-14-15(17)10-4-5-11-16-14/h1-3,7-8,14-16H,4-6,9-12H2/t14-,15-/m0/s1. The molecule has 1 aromatic rings. The molecule has 0 aromatic heterocycles. The maximum atomic E-state index is 3.74. The highest BCUT2D eigenvalue weighted by molar-refractivity contribution is 5.48. The maximum absolute atomic E-state index is 3.74. The summed E-state index contributed by atoms with van der Waals surface area (Å²) < 4.78 is 0. The van der Waals surface area contributed by atoms with E-state index in [0.29, 0.717) is 12.1 Å². The van der Waals surface area contributed by atoms with Gasteiger partial charge in [-0.3, -0.25) is 0 Å². The molecule has 2 saturated heterocycles. The molecule has 0 amide bonds. The molecule has 3 rings (SSSR count). The van der Waals surface area contributed by atoms with E-state index in [-0.39, 0.29) is 0 Å². The second-order valence-electron chi connectivity index (χ2n) is 5.29. The third-order valence-electron chi connectivity index (χ3n) is 4.20. The van der Waals surface area contributed by atoms with Gasteiger partial charge in [-0.2, -0.15) is 0 Å². The summed E-state index contributed by atoms with van der Waals surface area (Å²) in [7, 11) is 0. The summed E-state index contributed by atoms with van der Waals surface area (Å²) in [5, 5.41) is 3.74. The van der Waals surface area contributed by atoms with Crippen molar-refractivity contribution in [2.75, 3.05) is 18.0 Å².